The van der Waals surface area contributed by atoms with E-state index in [1.54, 1.807) is 0 Å². The van der Waals surface area contributed by atoms with E-state index in [2.05, 4.69) is 25.7 Å². The van der Waals surface area contributed by atoms with Crippen LogP contribution in [0.2, 0.25) is 0 Å². The van der Waals surface area contributed by atoms with E-state index >= 15 is 0 Å². The van der Waals surface area contributed by atoms with Crippen LogP contribution in [0.3, 0.4) is 0 Å². The zero-order valence-electron chi connectivity index (χ0n) is 10.6. The van der Waals surface area contributed by atoms with Gasteiger partial charge in [0.15, 0.2) is 0 Å². The van der Waals surface area contributed by atoms with Crippen molar-refractivity contribution in [3.63, 3.8) is 0 Å². The first-order chi connectivity index (χ1) is 7.12. The molecule has 0 bridgehead atoms. The fraction of sp³-hybridized carbons (Fsp3) is 1.00. The molecule has 100 valence electrons. The number of hydrogen-bond donors (Lipinski definition) is 3. The number of aliphatic hydroxyl groups is 1. The van der Waals surface area contributed by atoms with E-state index in [0.717, 1.165) is 17.4 Å². The molecule has 0 radical (unpaired) electrons. The van der Waals surface area contributed by atoms with Crippen LogP contribution in [0, 0.1) is 0 Å². The Kier molecular flexibility index (Phi) is 10.5. The second-order valence-electron chi connectivity index (χ2n) is 4.41. The Hall–Kier alpha value is 0.0300. The average molecular weight is 258 g/mol. The third kappa shape index (κ3) is 23.7. The average Bonchev–Trinajstić information content (AvgIpc) is 2.01. The van der Waals surface area contributed by atoms with Crippen molar-refractivity contribution in [3.05, 3.63) is 0 Å². The predicted molar refractivity (Wildman–Crippen MR) is 62.9 cm³/mol. The maximum Gasteiger partial charge on any atom is 0.469 e. The second kappa shape index (κ2) is 9.10. The normalized spacial score (nSPS) is 11.9. The summed E-state index contributed by atoms with van der Waals surface area (Å²) in [6.45, 7) is 3.17. The molecular formula is C9H25NO5P+. The second-order valence-corrected chi connectivity index (χ2v) is 5.65. The molecule has 0 unspecified atom stereocenters. The Morgan fingerprint density at radius 2 is 1.75 bits per heavy atom. The first-order valence-electron chi connectivity index (χ1n) is 5.24. The van der Waals surface area contributed by atoms with E-state index in [4.69, 9.17) is 14.9 Å². The molecule has 0 aliphatic carbocycles. The number of hydrogen-bond acceptors (Lipinski definition) is 3. The SMILES string of the molecule is CCCCOP(=O)(O)O.C[N+](C)(C)CCO. The molecule has 6 nitrogen and oxygen atoms in total. The van der Waals surface area contributed by atoms with Gasteiger partial charge in [0.2, 0.25) is 0 Å². The van der Waals surface area contributed by atoms with Crippen molar-refractivity contribution in [1.29, 1.82) is 0 Å². The summed E-state index contributed by atoms with van der Waals surface area (Å²) in [5.74, 6) is 0. The molecule has 0 aromatic rings. The Labute approximate surface area is 97.7 Å². The van der Waals surface area contributed by atoms with Crippen LogP contribution >= 0.6 is 7.82 Å². The van der Waals surface area contributed by atoms with Crippen molar-refractivity contribution in [1.82, 2.24) is 0 Å². The Morgan fingerprint density at radius 3 is 1.94 bits per heavy atom. The summed E-state index contributed by atoms with van der Waals surface area (Å²) >= 11 is 0. The molecule has 0 fully saturated rings. The lowest BCUT2D eigenvalue weighted by molar-refractivity contribution is -0.870. The molecular weight excluding hydrogens is 233 g/mol. The molecule has 0 rings (SSSR count). The highest BCUT2D eigenvalue weighted by Gasteiger charge is 2.11. The molecule has 0 aromatic heterocycles. The van der Waals surface area contributed by atoms with E-state index in [0.29, 0.717) is 6.42 Å². The quantitative estimate of drug-likeness (QED) is 0.368. The number of quaternary nitrogens is 1. The highest BCUT2D eigenvalue weighted by molar-refractivity contribution is 7.46. The van der Waals surface area contributed by atoms with Crippen molar-refractivity contribution in [3.8, 4) is 0 Å². The van der Waals surface area contributed by atoms with Crippen LogP contribution in [0.5, 0.6) is 0 Å². The molecule has 0 heterocycles. The van der Waals surface area contributed by atoms with Gasteiger partial charge in [0, 0.05) is 0 Å². The molecule has 0 aliphatic rings. The molecule has 0 saturated carbocycles. The van der Waals surface area contributed by atoms with Gasteiger partial charge in [0.1, 0.15) is 6.54 Å². The summed E-state index contributed by atoms with van der Waals surface area (Å²) in [5, 5.41) is 8.39. The first-order valence-corrected chi connectivity index (χ1v) is 6.77. The number of rotatable bonds is 6. The summed E-state index contributed by atoms with van der Waals surface area (Å²) in [5.41, 5.74) is 0. The van der Waals surface area contributed by atoms with Crippen molar-refractivity contribution < 1.29 is 28.5 Å². The summed E-state index contributed by atoms with van der Waals surface area (Å²) < 4.78 is 15.0. The van der Waals surface area contributed by atoms with Crippen LogP contribution in [0.4, 0.5) is 0 Å². The van der Waals surface area contributed by atoms with E-state index in [1.165, 1.54) is 0 Å². The van der Waals surface area contributed by atoms with Gasteiger partial charge in [-0.25, -0.2) is 4.57 Å². The van der Waals surface area contributed by atoms with Gasteiger partial charge in [0.05, 0.1) is 34.4 Å². The Balaban J connectivity index is 0. The fourth-order valence-electron chi connectivity index (χ4n) is 0.628. The number of aliphatic hydroxyl groups excluding tert-OH is 1. The van der Waals surface area contributed by atoms with E-state index in [-0.39, 0.29) is 13.2 Å². The van der Waals surface area contributed by atoms with Crippen LogP contribution in [0.15, 0.2) is 0 Å². The number of phosphoric ester groups is 1. The standard InChI is InChI=1S/C5H14NO.C4H11O4P/c1-6(2,3)4-5-7;1-2-3-4-8-9(5,6)7/h7H,4-5H2,1-3H3;2-4H2,1H3,(H2,5,6,7)/q+1;. The molecule has 3 N–H and O–H groups in total. The number of unbranched alkanes of at least 4 members (excludes halogenated alkanes) is 1. The van der Waals surface area contributed by atoms with Crippen molar-refractivity contribution in [2.24, 2.45) is 0 Å². The van der Waals surface area contributed by atoms with E-state index in [1.807, 2.05) is 6.92 Å². The van der Waals surface area contributed by atoms with E-state index < -0.39 is 7.82 Å². The molecule has 0 saturated heterocycles. The lowest BCUT2D eigenvalue weighted by atomic mass is 10.4. The minimum absolute atomic E-state index is 0.140. The van der Waals surface area contributed by atoms with Gasteiger partial charge < -0.3 is 19.4 Å². The zero-order chi connectivity index (χ0) is 13.2. The van der Waals surface area contributed by atoms with Crippen LogP contribution in [0.25, 0.3) is 0 Å². The smallest absolute Gasteiger partial charge is 0.391 e. The van der Waals surface area contributed by atoms with Crippen LogP contribution in [-0.4, -0.2) is 60.3 Å². The highest BCUT2D eigenvalue weighted by Crippen LogP contribution is 2.35. The van der Waals surface area contributed by atoms with Crippen LogP contribution < -0.4 is 0 Å². The van der Waals surface area contributed by atoms with Gasteiger partial charge in [-0.15, -0.1) is 0 Å². The van der Waals surface area contributed by atoms with Crippen molar-refractivity contribution in [2.75, 3.05) is 40.9 Å². The molecule has 0 spiro atoms. The molecule has 16 heavy (non-hydrogen) atoms. The molecule has 0 aliphatic heterocycles. The maximum atomic E-state index is 9.98. The van der Waals surface area contributed by atoms with Crippen molar-refractivity contribution >= 4 is 7.82 Å². The molecule has 0 amide bonds. The minimum atomic E-state index is -4.20. The minimum Gasteiger partial charge on any atom is -0.391 e. The molecule has 7 heteroatoms. The van der Waals surface area contributed by atoms with Gasteiger partial charge in [0.25, 0.3) is 0 Å². The van der Waals surface area contributed by atoms with Gasteiger partial charge in [-0.1, -0.05) is 13.3 Å². The summed E-state index contributed by atoms with van der Waals surface area (Å²) in [6.07, 6.45) is 1.56. The maximum absolute atomic E-state index is 9.98. The van der Waals surface area contributed by atoms with E-state index in [9.17, 15) is 4.57 Å². The van der Waals surface area contributed by atoms with Crippen molar-refractivity contribution in [2.45, 2.75) is 19.8 Å². The number of phosphoric acid groups is 1. The fourth-order valence-corrected chi connectivity index (χ4v) is 0.995. The van der Waals surface area contributed by atoms with Gasteiger partial charge >= 0.3 is 7.82 Å². The molecule has 0 atom stereocenters. The Bertz CT molecular complexity index is 199. The van der Waals surface area contributed by atoms with Crippen LogP contribution in [-0.2, 0) is 9.09 Å². The topological polar surface area (TPSA) is 87.0 Å². The number of nitrogens with zero attached hydrogens (tertiary/aromatic N) is 1. The number of likely N-dealkylation sites (N-methyl/N-ethyl adjacent to an activating group) is 1. The first kappa shape index (κ1) is 18.4. The third-order valence-corrected chi connectivity index (χ3v) is 2.05. The lowest BCUT2D eigenvalue weighted by Crippen LogP contribution is -2.36. The zero-order valence-corrected chi connectivity index (χ0v) is 11.5. The predicted octanol–water partition coefficient (Wildman–Crippen LogP) is 0.581. The Morgan fingerprint density at radius 1 is 1.25 bits per heavy atom. The van der Waals surface area contributed by atoms with Gasteiger partial charge in [-0.3, -0.25) is 4.52 Å². The summed E-state index contributed by atoms with van der Waals surface area (Å²) in [6, 6.07) is 0. The van der Waals surface area contributed by atoms with Crippen LogP contribution in [0.1, 0.15) is 19.8 Å². The third-order valence-electron chi connectivity index (χ3n) is 1.53. The monoisotopic (exact) mass is 258 g/mol. The summed E-state index contributed by atoms with van der Waals surface area (Å²) in [7, 11) is 1.96. The van der Waals surface area contributed by atoms with Gasteiger partial charge in [-0.2, -0.15) is 0 Å². The van der Waals surface area contributed by atoms with Gasteiger partial charge in [-0.05, 0) is 6.42 Å². The lowest BCUT2D eigenvalue weighted by Gasteiger charge is -2.21. The summed E-state index contributed by atoms with van der Waals surface area (Å²) in [4.78, 5) is 16.3. The largest absolute Gasteiger partial charge is 0.469 e. The molecule has 0 aromatic carbocycles. The highest BCUT2D eigenvalue weighted by atomic mass is 31.2.